The predicted molar refractivity (Wildman–Crippen MR) is 99.2 cm³/mol. The normalized spacial score (nSPS) is 10.2. The Morgan fingerprint density at radius 2 is 1.36 bits per heavy atom. The molecule has 0 aliphatic heterocycles. The van der Waals surface area contributed by atoms with Gasteiger partial charge in [0.1, 0.15) is 0 Å². The summed E-state index contributed by atoms with van der Waals surface area (Å²) >= 11 is 0. The number of hydrogen-bond donors (Lipinski definition) is 2. The van der Waals surface area contributed by atoms with E-state index < -0.39 is 5.91 Å². The smallest absolute Gasteiger partial charge is 0.248 e. The first-order valence-corrected chi connectivity index (χ1v) is 7.96. The van der Waals surface area contributed by atoms with Crippen LogP contribution in [0.4, 0.5) is 5.69 Å². The number of amides is 2. The van der Waals surface area contributed by atoms with E-state index in [1.165, 1.54) is 0 Å². The third-order valence-electron chi connectivity index (χ3n) is 3.88. The topological polar surface area (TPSA) is 72.2 Å². The third kappa shape index (κ3) is 4.32. The van der Waals surface area contributed by atoms with Crippen LogP contribution in [0.15, 0.2) is 78.9 Å². The van der Waals surface area contributed by atoms with E-state index in [2.05, 4.69) is 17.4 Å². The van der Waals surface area contributed by atoms with E-state index in [0.29, 0.717) is 11.3 Å². The van der Waals surface area contributed by atoms with E-state index in [0.717, 1.165) is 16.7 Å². The lowest BCUT2D eigenvalue weighted by atomic mass is 10.0. The van der Waals surface area contributed by atoms with Crippen LogP contribution in [-0.2, 0) is 11.2 Å². The van der Waals surface area contributed by atoms with Crippen LogP contribution in [0.25, 0.3) is 11.1 Å². The van der Waals surface area contributed by atoms with Gasteiger partial charge in [-0.25, -0.2) is 0 Å². The molecule has 0 fully saturated rings. The summed E-state index contributed by atoms with van der Waals surface area (Å²) in [5.74, 6) is -0.601. The highest BCUT2D eigenvalue weighted by atomic mass is 16.1. The largest absolute Gasteiger partial charge is 0.366 e. The number of nitrogens with one attached hydrogen (secondary N) is 1. The van der Waals surface area contributed by atoms with Gasteiger partial charge in [0, 0.05) is 11.3 Å². The van der Waals surface area contributed by atoms with Gasteiger partial charge in [0.05, 0.1) is 6.42 Å². The molecule has 3 N–H and O–H groups in total. The fourth-order valence-electron chi connectivity index (χ4n) is 2.55. The summed E-state index contributed by atoms with van der Waals surface area (Å²) in [6.45, 7) is 0. The predicted octanol–water partition coefficient (Wildman–Crippen LogP) is 3.63. The fraction of sp³-hybridized carbons (Fsp3) is 0.0476. The zero-order chi connectivity index (χ0) is 17.6. The van der Waals surface area contributed by atoms with Crippen LogP contribution in [0.5, 0.6) is 0 Å². The zero-order valence-corrected chi connectivity index (χ0v) is 13.6. The number of carbonyl (C=O) groups excluding carboxylic acids is 2. The second-order valence-electron chi connectivity index (χ2n) is 5.73. The zero-order valence-electron chi connectivity index (χ0n) is 13.6. The van der Waals surface area contributed by atoms with E-state index >= 15 is 0 Å². The number of hydrogen-bond acceptors (Lipinski definition) is 2. The Morgan fingerprint density at radius 3 is 1.96 bits per heavy atom. The van der Waals surface area contributed by atoms with Crippen molar-refractivity contribution in [2.24, 2.45) is 5.73 Å². The first-order valence-electron chi connectivity index (χ1n) is 7.96. The number of nitrogens with two attached hydrogens (primary N) is 1. The second-order valence-corrected chi connectivity index (χ2v) is 5.73. The molecule has 124 valence electrons. The summed E-state index contributed by atoms with van der Waals surface area (Å²) in [7, 11) is 0. The Morgan fingerprint density at radius 1 is 0.760 bits per heavy atom. The number of benzene rings is 3. The van der Waals surface area contributed by atoms with E-state index in [4.69, 9.17) is 5.73 Å². The number of anilines is 1. The average molecular weight is 330 g/mol. The van der Waals surface area contributed by atoms with Crippen molar-refractivity contribution in [2.45, 2.75) is 6.42 Å². The van der Waals surface area contributed by atoms with Crippen LogP contribution >= 0.6 is 0 Å². The van der Waals surface area contributed by atoms with Gasteiger partial charge < -0.3 is 11.1 Å². The Hall–Kier alpha value is -3.40. The van der Waals surface area contributed by atoms with Crippen molar-refractivity contribution in [3.8, 4) is 11.1 Å². The number of carbonyl (C=O) groups is 2. The van der Waals surface area contributed by atoms with Gasteiger partial charge in [-0.05, 0) is 41.0 Å². The maximum absolute atomic E-state index is 12.2. The molecule has 3 rings (SSSR count). The van der Waals surface area contributed by atoms with Crippen molar-refractivity contribution >= 4 is 17.5 Å². The molecular weight excluding hydrogens is 312 g/mol. The van der Waals surface area contributed by atoms with Gasteiger partial charge in [-0.3, -0.25) is 9.59 Å². The van der Waals surface area contributed by atoms with Gasteiger partial charge in [0.15, 0.2) is 0 Å². The Kier molecular flexibility index (Phi) is 4.90. The minimum absolute atomic E-state index is 0.112. The summed E-state index contributed by atoms with van der Waals surface area (Å²) in [4.78, 5) is 23.2. The quantitative estimate of drug-likeness (QED) is 0.750. The standard InChI is InChI=1S/C21H18N2O2/c22-21(25)18-10-12-19(13-11-18)23-20(24)14-15-6-8-17(9-7-15)16-4-2-1-3-5-16/h1-13H,14H2,(H2,22,25)(H,23,24). The molecule has 0 unspecified atom stereocenters. The molecule has 0 bridgehead atoms. The lowest BCUT2D eigenvalue weighted by Gasteiger charge is -2.07. The Balaban J connectivity index is 1.62. The third-order valence-corrected chi connectivity index (χ3v) is 3.88. The van der Waals surface area contributed by atoms with Crippen LogP contribution in [0.2, 0.25) is 0 Å². The van der Waals surface area contributed by atoms with Gasteiger partial charge in [-0.15, -0.1) is 0 Å². The summed E-state index contributed by atoms with van der Waals surface area (Å²) in [6, 6.07) is 24.5. The average Bonchev–Trinajstić information content (AvgIpc) is 2.63. The molecule has 0 heterocycles. The first kappa shape index (κ1) is 16.5. The molecule has 2 amide bonds. The van der Waals surface area contributed by atoms with Gasteiger partial charge in [-0.1, -0.05) is 54.6 Å². The van der Waals surface area contributed by atoms with Gasteiger partial charge in [-0.2, -0.15) is 0 Å². The van der Waals surface area contributed by atoms with Crippen molar-refractivity contribution in [3.63, 3.8) is 0 Å². The van der Waals surface area contributed by atoms with Crippen molar-refractivity contribution in [2.75, 3.05) is 5.32 Å². The lowest BCUT2D eigenvalue weighted by Crippen LogP contribution is -2.15. The maximum atomic E-state index is 12.2. The molecular formula is C21H18N2O2. The molecule has 3 aromatic rings. The van der Waals surface area contributed by atoms with E-state index in [1.807, 2.05) is 42.5 Å². The summed E-state index contributed by atoms with van der Waals surface area (Å²) < 4.78 is 0. The first-order chi connectivity index (χ1) is 12.1. The molecule has 0 radical (unpaired) electrons. The molecule has 4 heteroatoms. The minimum atomic E-state index is -0.489. The molecule has 4 nitrogen and oxygen atoms in total. The maximum Gasteiger partial charge on any atom is 0.248 e. The lowest BCUT2D eigenvalue weighted by molar-refractivity contribution is -0.115. The van der Waals surface area contributed by atoms with Crippen molar-refractivity contribution in [3.05, 3.63) is 90.0 Å². The van der Waals surface area contributed by atoms with Crippen LogP contribution in [0.3, 0.4) is 0 Å². The van der Waals surface area contributed by atoms with E-state index in [-0.39, 0.29) is 12.3 Å². The molecule has 0 aliphatic carbocycles. The second kappa shape index (κ2) is 7.45. The van der Waals surface area contributed by atoms with Gasteiger partial charge >= 0.3 is 0 Å². The molecule has 3 aromatic carbocycles. The highest BCUT2D eigenvalue weighted by Gasteiger charge is 2.06. The molecule has 25 heavy (non-hydrogen) atoms. The summed E-state index contributed by atoms with van der Waals surface area (Å²) in [5.41, 5.74) is 9.44. The van der Waals surface area contributed by atoms with Gasteiger partial charge in [0.2, 0.25) is 11.8 Å². The SMILES string of the molecule is NC(=O)c1ccc(NC(=O)Cc2ccc(-c3ccccc3)cc2)cc1. The summed E-state index contributed by atoms with van der Waals surface area (Å²) in [6.07, 6.45) is 0.284. The molecule has 0 aliphatic rings. The van der Waals surface area contributed by atoms with Crippen LogP contribution in [-0.4, -0.2) is 11.8 Å². The van der Waals surface area contributed by atoms with Gasteiger partial charge in [0.25, 0.3) is 0 Å². The minimum Gasteiger partial charge on any atom is -0.366 e. The van der Waals surface area contributed by atoms with Crippen molar-refractivity contribution in [1.82, 2.24) is 0 Å². The van der Waals surface area contributed by atoms with Crippen LogP contribution in [0, 0.1) is 0 Å². The molecule has 0 saturated carbocycles. The monoisotopic (exact) mass is 330 g/mol. The van der Waals surface area contributed by atoms with Crippen molar-refractivity contribution < 1.29 is 9.59 Å². The molecule has 0 saturated heterocycles. The highest BCUT2D eigenvalue weighted by Crippen LogP contribution is 2.19. The van der Waals surface area contributed by atoms with Crippen LogP contribution in [0.1, 0.15) is 15.9 Å². The van der Waals surface area contributed by atoms with E-state index in [9.17, 15) is 9.59 Å². The molecule has 0 aromatic heterocycles. The van der Waals surface area contributed by atoms with Crippen LogP contribution < -0.4 is 11.1 Å². The number of primary amides is 1. The fourth-order valence-corrected chi connectivity index (χ4v) is 2.55. The summed E-state index contributed by atoms with van der Waals surface area (Å²) in [5, 5.41) is 2.81. The Bertz CT molecular complexity index is 870. The highest BCUT2D eigenvalue weighted by molar-refractivity contribution is 5.95. The Labute approximate surface area is 146 Å². The molecule has 0 atom stereocenters. The number of rotatable bonds is 5. The van der Waals surface area contributed by atoms with Crippen molar-refractivity contribution in [1.29, 1.82) is 0 Å². The molecule has 0 spiro atoms. The van der Waals surface area contributed by atoms with E-state index in [1.54, 1.807) is 24.3 Å².